The second-order valence-corrected chi connectivity index (χ2v) is 16.9. The summed E-state index contributed by atoms with van der Waals surface area (Å²) in [5.41, 5.74) is 5.38. The third-order valence-corrected chi connectivity index (χ3v) is 11.6. The van der Waals surface area contributed by atoms with Crippen LogP contribution in [0.1, 0.15) is 103 Å². The first-order chi connectivity index (χ1) is 19.2. The van der Waals surface area contributed by atoms with Crippen LogP contribution in [0.2, 0.25) is 0 Å². The molecular formula is C38H48NOP. The van der Waals surface area contributed by atoms with Crippen molar-refractivity contribution in [3.63, 3.8) is 0 Å². The minimum absolute atomic E-state index is 0.107. The number of hydrogen-bond acceptors (Lipinski definition) is 2. The molecule has 0 aliphatic carbocycles. The Bertz CT molecular complexity index is 1480. The largest absolute Gasteiger partial charge is 0.507 e. The summed E-state index contributed by atoms with van der Waals surface area (Å²) in [4.78, 5) is 0. The molecule has 0 heterocycles. The molecule has 0 aromatic heterocycles. The first kappa shape index (κ1) is 30.9. The Morgan fingerprint density at radius 3 is 1.46 bits per heavy atom. The van der Waals surface area contributed by atoms with Crippen molar-refractivity contribution in [1.82, 2.24) is 0 Å². The zero-order chi connectivity index (χ0) is 30.2. The standard InChI is InChI=1S/C38H48NOP/c1-26(2)31-22-17-23-32(27(3)4)35(31)39-41(29-18-13-11-14-19-29,30-20-15-12-16-21-30)34-25-28(37(5,6)7)24-33(36(34)40)38(8,9)10/h11-27,40H,1-10H3. The van der Waals surface area contributed by atoms with E-state index in [0.29, 0.717) is 17.6 Å². The summed E-state index contributed by atoms with van der Waals surface area (Å²) in [7, 11) is -2.76. The van der Waals surface area contributed by atoms with Crippen LogP contribution in [0.15, 0.2) is 95.7 Å². The lowest BCUT2D eigenvalue weighted by Gasteiger charge is -2.33. The topological polar surface area (TPSA) is 32.6 Å². The van der Waals surface area contributed by atoms with Crippen LogP contribution in [-0.2, 0) is 10.8 Å². The molecule has 0 saturated carbocycles. The molecule has 0 aliphatic heterocycles. The zero-order valence-corrected chi connectivity index (χ0v) is 27.6. The van der Waals surface area contributed by atoms with Gasteiger partial charge in [-0.05, 0) is 45.4 Å². The van der Waals surface area contributed by atoms with Gasteiger partial charge in [0.05, 0.1) is 12.7 Å². The fraction of sp³-hybridized carbons (Fsp3) is 0.368. The molecule has 0 amide bonds. The van der Waals surface area contributed by atoms with E-state index in [0.717, 1.165) is 27.2 Å². The first-order valence-corrected chi connectivity index (χ1v) is 16.7. The van der Waals surface area contributed by atoms with Crippen LogP contribution in [-0.4, -0.2) is 5.11 Å². The normalized spacial score (nSPS) is 12.7. The van der Waals surface area contributed by atoms with Gasteiger partial charge < -0.3 is 5.11 Å². The highest BCUT2D eigenvalue weighted by molar-refractivity contribution is 7.87. The Kier molecular flexibility index (Phi) is 8.77. The minimum Gasteiger partial charge on any atom is -0.507 e. The molecule has 0 radical (unpaired) electrons. The van der Waals surface area contributed by atoms with E-state index in [9.17, 15) is 5.11 Å². The summed E-state index contributed by atoms with van der Waals surface area (Å²) in [6.07, 6.45) is 0. The van der Waals surface area contributed by atoms with Crippen molar-refractivity contribution in [1.29, 1.82) is 0 Å². The van der Waals surface area contributed by atoms with Gasteiger partial charge in [-0.2, -0.15) is 0 Å². The number of phenols is 1. The lowest BCUT2D eigenvalue weighted by atomic mass is 9.80. The Morgan fingerprint density at radius 2 is 1.07 bits per heavy atom. The van der Waals surface area contributed by atoms with Crippen LogP contribution in [0, 0.1) is 0 Å². The summed E-state index contributed by atoms with van der Waals surface area (Å²) in [5.74, 6) is 0.976. The molecule has 216 valence electrons. The molecule has 0 atom stereocenters. The van der Waals surface area contributed by atoms with Crippen LogP contribution >= 0.6 is 7.05 Å². The predicted octanol–water partition coefficient (Wildman–Crippen LogP) is 10.0. The molecule has 0 bridgehead atoms. The van der Waals surface area contributed by atoms with E-state index >= 15 is 0 Å². The van der Waals surface area contributed by atoms with Gasteiger partial charge in [-0.25, -0.2) is 0 Å². The molecule has 0 saturated heterocycles. The molecule has 1 N–H and O–H groups in total. The molecule has 0 unspecified atom stereocenters. The SMILES string of the molecule is CC(C)c1cccc(C(C)C)c1N=P(c1ccccc1)(c1ccccc1)c1cc(C(C)(C)C)cc(C(C)(C)C)c1O. The van der Waals surface area contributed by atoms with Gasteiger partial charge in [0.15, 0.2) is 0 Å². The molecule has 4 rings (SSSR count). The van der Waals surface area contributed by atoms with Crippen LogP contribution in [0.3, 0.4) is 0 Å². The molecule has 4 aromatic rings. The Morgan fingerprint density at radius 1 is 0.610 bits per heavy atom. The smallest absolute Gasteiger partial charge is 0.129 e. The second kappa shape index (κ2) is 11.7. The molecule has 0 spiro atoms. The maximum absolute atomic E-state index is 12.4. The zero-order valence-electron chi connectivity index (χ0n) is 26.7. The van der Waals surface area contributed by atoms with Gasteiger partial charge in [0.25, 0.3) is 0 Å². The van der Waals surface area contributed by atoms with Crippen molar-refractivity contribution in [2.45, 2.75) is 91.9 Å². The fourth-order valence-electron chi connectivity index (χ4n) is 5.53. The highest BCUT2D eigenvalue weighted by Gasteiger charge is 2.35. The highest BCUT2D eigenvalue weighted by atomic mass is 31.2. The fourth-order valence-corrected chi connectivity index (χ4v) is 9.22. The maximum atomic E-state index is 12.4. The summed E-state index contributed by atoms with van der Waals surface area (Å²) < 4.78 is 6.00. The van der Waals surface area contributed by atoms with Crippen LogP contribution in [0.4, 0.5) is 5.69 Å². The van der Waals surface area contributed by atoms with Gasteiger partial charge in [-0.15, -0.1) is 0 Å². The molecule has 4 aromatic carbocycles. The molecule has 41 heavy (non-hydrogen) atoms. The number of rotatable bonds is 6. The summed E-state index contributed by atoms with van der Waals surface area (Å²) in [6, 6.07) is 32.5. The molecule has 0 aliphatic rings. The average molecular weight is 566 g/mol. The number of nitrogens with zero attached hydrogens (tertiary/aromatic N) is 1. The van der Waals surface area contributed by atoms with Crippen molar-refractivity contribution in [2.24, 2.45) is 4.74 Å². The Hall–Kier alpha value is -3.09. The lowest BCUT2D eigenvalue weighted by molar-refractivity contribution is 0.449. The third kappa shape index (κ3) is 6.09. The molecule has 3 heteroatoms. The molecule has 2 nitrogen and oxygen atoms in total. The van der Waals surface area contributed by atoms with Crippen LogP contribution in [0.25, 0.3) is 0 Å². The van der Waals surface area contributed by atoms with E-state index in [1.165, 1.54) is 16.7 Å². The average Bonchev–Trinajstić information content (AvgIpc) is 2.91. The number of benzene rings is 4. The quantitative estimate of drug-likeness (QED) is 0.232. The monoisotopic (exact) mass is 565 g/mol. The molecule has 0 fully saturated rings. The second-order valence-electron chi connectivity index (χ2n) is 13.9. The van der Waals surface area contributed by atoms with Gasteiger partial charge in [0, 0.05) is 21.5 Å². The third-order valence-electron chi connectivity index (χ3n) is 7.96. The number of aromatic hydroxyl groups is 1. The van der Waals surface area contributed by atoms with E-state index in [4.69, 9.17) is 4.74 Å². The highest BCUT2D eigenvalue weighted by Crippen LogP contribution is 2.55. The van der Waals surface area contributed by atoms with Crippen molar-refractivity contribution < 1.29 is 5.11 Å². The van der Waals surface area contributed by atoms with Crippen molar-refractivity contribution in [3.05, 3.63) is 113 Å². The Labute approximate surface area is 248 Å². The van der Waals surface area contributed by atoms with Gasteiger partial charge in [0.1, 0.15) is 5.75 Å². The van der Waals surface area contributed by atoms with Crippen LogP contribution < -0.4 is 15.9 Å². The number of phenolic OH excluding ortho intramolecular Hbond substituents is 1. The lowest BCUT2D eigenvalue weighted by Crippen LogP contribution is -2.29. The number of hydrogen-bond donors (Lipinski definition) is 1. The minimum atomic E-state index is -2.76. The maximum Gasteiger partial charge on any atom is 0.129 e. The van der Waals surface area contributed by atoms with Crippen molar-refractivity contribution in [3.8, 4) is 5.75 Å². The first-order valence-electron chi connectivity index (χ1n) is 14.9. The Balaban J connectivity index is 2.37. The van der Waals surface area contributed by atoms with E-state index in [-0.39, 0.29) is 10.8 Å². The van der Waals surface area contributed by atoms with Gasteiger partial charge in [-0.3, -0.25) is 4.74 Å². The van der Waals surface area contributed by atoms with Crippen LogP contribution in [0.5, 0.6) is 5.75 Å². The van der Waals surface area contributed by atoms with E-state index in [2.05, 4.69) is 160 Å². The van der Waals surface area contributed by atoms with Gasteiger partial charge >= 0.3 is 0 Å². The van der Waals surface area contributed by atoms with Gasteiger partial charge in [-0.1, -0.05) is 154 Å². The van der Waals surface area contributed by atoms with E-state index in [1.807, 2.05) is 0 Å². The van der Waals surface area contributed by atoms with Crippen molar-refractivity contribution in [2.75, 3.05) is 0 Å². The van der Waals surface area contributed by atoms with E-state index in [1.54, 1.807) is 0 Å². The molecular weight excluding hydrogens is 517 g/mol. The van der Waals surface area contributed by atoms with Gasteiger partial charge in [0.2, 0.25) is 0 Å². The van der Waals surface area contributed by atoms with E-state index < -0.39 is 7.05 Å². The summed E-state index contributed by atoms with van der Waals surface area (Å²) in [5, 5.41) is 15.6. The predicted molar refractivity (Wildman–Crippen MR) is 181 cm³/mol. The summed E-state index contributed by atoms with van der Waals surface area (Å²) in [6.45, 7) is 22.3. The van der Waals surface area contributed by atoms with Crippen molar-refractivity contribution >= 4 is 28.7 Å². The summed E-state index contributed by atoms with van der Waals surface area (Å²) >= 11 is 0.